The van der Waals surface area contributed by atoms with E-state index in [1.165, 1.54) is 5.69 Å². The Morgan fingerprint density at radius 3 is 2.43 bits per heavy atom. The second-order valence-corrected chi connectivity index (χ2v) is 11.1. The van der Waals surface area contributed by atoms with Crippen molar-refractivity contribution in [2.75, 3.05) is 37.7 Å². The van der Waals surface area contributed by atoms with Crippen LogP contribution in [0.1, 0.15) is 12.0 Å². The Morgan fingerprint density at radius 1 is 1.04 bits per heavy atom. The van der Waals surface area contributed by atoms with Crippen LogP contribution in [-0.2, 0) is 8.85 Å². The van der Waals surface area contributed by atoms with Crippen LogP contribution in [-0.4, -0.2) is 47.6 Å². The van der Waals surface area contributed by atoms with Gasteiger partial charge in [0.05, 0.1) is 23.3 Å². The molecule has 0 N–H and O–H groups in total. The summed E-state index contributed by atoms with van der Waals surface area (Å²) in [5.41, 5.74) is 2.17. The Bertz CT molecular complexity index is 779. The molecule has 2 aromatic carbocycles. The zero-order chi connectivity index (χ0) is 19.8. The molecule has 1 aliphatic rings. The van der Waals surface area contributed by atoms with Crippen molar-refractivity contribution in [3.63, 3.8) is 0 Å². The zero-order valence-corrected chi connectivity index (χ0v) is 18.6. The van der Waals surface area contributed by atoms with E-state index < -0.39 is 8.56 Å². The zero-order valence-electron chi connectivity index (χ0n) is 16.1. The van der Waals surface area contributed by atoms with Crippen LogP contribution in [0.15, 0.2) is 53.5 Å². The number of halogens is 2. The Labute approximate surface area is 178 Å². The summed E-state index contributed by atoms with van der Waals surface area (Å²) in [6, 6.07) is 16.9. The molecule has 0 bridgehead atoms. The van der Waals surface area contributed by atoms with Gasteiger partial charge in [0.1, 0.15) is 0 Å². The van der Waals surface area contributed by atoms with Crippen LogP contribution in [0.3, 0.4) is 0 Å². The molecule has 0 radical (unpaired) electrons. The second-order valence-electron chi connectivity index (χ2n) is 6.97. The van der Waals surface area contributed by atoms with Gasteiger partial charge in [-0.25, -0.2) is 0 Å². The van der Waals surface area contributed by atoms with Crippen LogP contribution < -0.4 is 4.90 Å². The Balaban J connectivity index is 1.43. The number of rotatable bonds is 6. The molecule has 0 atom stereocenters. The Morgan fingerprint density at radius 2 is 1.75 bits per heavy atom. The van der Waals surface area contributed by atoms with Crippen molar-refractivity contribution >= 4 is 43.7 Å². The minimum absolute atomic E-state index is 0.548. The van der Waals surface area contributed by atoms with Crippen molar-refractivity contribution in [2.45, 2.75) is 19.0 Å². The highest BCUT2D eigenvalue weighted by atomic mass is 35.5. The molecule has 0 saturated carbocycles. The maximum Gasteiger partial charge on any atom is 0.335 e. The number of hydrogen-bond donors (Lipinski definition) is 0. The smallest absolute Gasteiger partial charge is 0.335 e. The van der Waals surface area contributed by atoms with Crippen LogP contribution in [0.4, 0.5) is 5.69 Å². The number of benzene rings is 2. The summed E-state index contributed by atoms with van der Waals surface area (Å²) in [5, 5.41) is 1.11. The third kappa shape index (κ3) is 6.32. The normalized spacial score (nSPS) is 17.5. The highest BCUT2D eigenvalue weighted by Gasteiger charge is 2.32. The lowest BCUT2D eigenvalue weighted by Crippen LogP contribution is -2.46. The van der Waals surface area contributed by atoms with Gasteiger partial charge >= 0.3 is 8.56 Å². The molecular formula is C21H26Cl2N2O2Si. The van der Waals surface area contributed by atoms with Gasteiger partial charge in [-0.3, -0.25) is 4.99 Å². The van der Waals surface area contributed by atoms with Gasteiger partial charge in [0, 0.05) is 31.5 Å². The molecule has 1 aliphatic heterocycles. The van der Waals surface area contributed by atoms with E-state index in [4.69, 9.17) is 32.1 Å². The fraction of sp³-hybridized carbons (Fsp3) is 0.381. The summed E-state index contributed by atoms with van der Waals surface area (Å²) >= 11 is 12.0. The molecule has 1 saturated heterocycles. The van der Waals surface area contributed by atoms with Crippen LogP contribution >= 0.6 is 23.2 Å². The van der Waals surface area contributed by atoms with E-state index in [9.17, 15) is 0 Å². The molecule has 3 rings (SSSR count). The first-order valence-electron chi connectivity index (χ1n) is 9.58. The lowest BCUT2D eigenvalue weighted by atomic mass is 10.2. The van der Waals surface area contributed by atoms with Crippen LogP contribution in [0, 0.1) is 0 Å². The number of anilines is 1. The van der Waals surface area contributed by atoms with Gasteiger partial charge in [-0.15, -0.1) is 0 Å². The Hall–Kier alpha value is -1.37. The average molecular weight is 437 g/mol. The summed E-state index contributed by atoms with van der Waals surface area (Å²) in [7, 11) is -2.13. The monoisotopic (exact) mass is 436 g/mol. The van der Waals surface area contributed by atoms with E-state index in [0.717, 1.165) is 37.7 Å². The first kappa shape index (κ1) is 21.3. The van der Waals surface area contributed by atoms with Gasteiger partial charge < -0.3 is 13.8 Å². The SMILES string of the molecule is C[Si]1(CCCN=Cc2ccc(Cl)c(Cl)c2)OCCN(c2ccccc2)CCO1. The van der Waals surface area contributed by atoms with Crippen molar-refractivity contribution < 1.29 is 8.85 Å². The van der Waals surface area contributed by atoms with E-state index in [2.05, 4.69) is 40.7 Å². The summed E-state index contributed by atoms with van der Waals surface area (Å²) in [5.74, 6) is 0. The summed E-state index contributed by atoms with van der Waals surface area (Å²) in [6.45, 7) is 6.09. The van der Waals surface area contributed by atoms with E-state index in [-0.39, 0.29) is 0 Å². The minimum Gasteiger partial charge on any atom is -0.392 e. The van der Waals surface area contributed by atoms with Crippen molar-refractivity contribution in [1.82, 2.24) is 0 Å². The quantitative estimate of drug-likeness (QED) is 0.343. The highest BCUT2D eigenvalue weighted by molar-refractivity contribution is 6.66. The molecule has 0 amide bonds. The molecule has 4 nitrogen and oxygen atoms in total. The topological polar surface area (TPSA) is 34.1 Å². The van der Waals surface area contributed by atoms with Gasteiger partial charge in [-0.05, 0) is 48.8 Å². The lowest BCUT2D eigenvalue weighted by molar-refractivity contribution is 0.164. The third-order valence-electron chi connectivity index (χ3n) is 4.76. The average Bonchev–Trinajstić information content (AvgIpc) is 2.68. The van der Waals surface area contributed by atoms with Gasteiger partial charge in [0.15, 0.2) is 0 Å². The number of hydrogen-bond acceptors (Lipinski definition) is 4. The van der Waals surface area contributed by atoms with E-state index in [0.29, 0.717) is 23.3 Å². The summed E-state index contributed by atoms with van der Waals surface area (Å²) in [4.78, 5) is 6.81. The number of nitrogens with zero attached hydrogens (tertiary/aromatic N) is 2. The fourth-order valence-corrected chi connectivity index (χ4v) is 5.72. The molecule has 7 heteroatoms. The van der Waals surface area contributed by atoms with Crippen molar-refractivity contribution in [2.24, 2.45) is 4.99 Å². The molecule has 0 unspecified atom stereocenters. The van der Waals surface area contributed by atoms with Crippen molar-refractivity contribution in [3.8, 4) is 0 Å². The van der Waals surface area contributed by atoms with Gasteiger partial charge in [-0.2, -0.15) is 0 Å². The van der Waals surface area contributed by atoms with Crippen LogP contribution in [0.5, 0.6) is 0 Å². The molecule has 2 aromatic rings. The molecule has 150 valence electrons. The van der Waals surface area contributed by atoms with E-state index in [1.807, 2.05) is 24.4 Å². The van der Waals surface area contributed by atoms with E-state index >= 15 is 0 Å². The molecular weight excluding hydrogens is 411 g/mol. The van der Waals surface area contributed by atoms with Crippen molar-refractivity contribution in [3.05, 3.63) is 64.1 Å². The number of aliphatic imine (C=N–C) groups is 1. The predicted molar refractivity (Wildman–Crippen MR) is 121 cm³/mol. The fourth-order valence-electron chi connectivity index (χ4n) is 3.19. The highest BCUT2D eigenvalue weighted by Crippen LogP contribution is 2.22. The Kier molecular flexibility index (Phi) is 7.94. The molecule has 1 fully saturated rings. The number of para-hydroxylation sites is 1. The largest absolute Gasteiger partial charge is 0.392 e. The van der Waals surface area contributed by atoms with Crippen LogP contribution in [0.25, 0.3) is 0 Å². The molecule has 0 aliphatic carbocycles. The second kappa shape index (κ2) is 10.4. The van der Waals surface area contributed by atoms with Gasteiger partial charge in [0.2, 0.25) is 0 Å². The molecule has 1 heterocycles. The van der Waals surface area contributed by atoms with E-state index in [1.54, 1.807) is 6.07 Å². The summed E-state index contributed by atoms with van der Waals surface area (Å²) in [6.07, 6.45) is 2.78. The molecule has 28 heavy (non-hydrogen) atoms. The summed E-state index contributed by atoms with van der Waals surface area (Å²) < 4.78 is 12.4. The first-order valence-corrected chi connectivity index (χ1v) is 12.9. The predicted octanol–water partition coefficient (Wildman–Crippen LogP) is 5.43. The maximum atomic E-state index is 6.21. The molecule has 0 spiro atoms. The van der Waals surface area contributed by atoms with Crippen molar-refractivity contribution in [1.29, 1.82) is 0 Å². The maximum absolute atomic E-state index is 6.21. The molecule has 0 aromatic heterocycles. The minimum atomic E-state index is -2.13. The standard InChI is InChI=1S/C21H26Cl2N2O2Si/c1-28(15-5-10-24-17-18-8-9-20(22)21(23)16-18)26-13-11-25(12-14-27-28)19-6-3-2-4-7-19/h2-4,6-9,16-17H,5,10-15H2,1H3. The van der Waals surface area contributed by atoms with Gasteiger partial charge in [0.25, 0.3) is 0 Å². The van der Waals surface area contributed by atoms with Gasteiger partial charge in [-0.1, -0.05) is 47.5 Å². The first-order chi connectivity index (χ1) is 13.6. The third-order valence-corrected chi connectivity index (χ3v) is 8.39. The lowest BCUT2D eigenvalue weighted by Gasteiger charge is -2.34. The van der Waals surface area contributed by atoms with Crippen LogP contribution in [0.2, 0.25) is 22.6 Å².